The van der Waals surface area contributed by atoms with Crippen LogP contribution in [0.2, 0.25) is 0 Å². The number of nitrogens with one attached hydrogen (secondary N) is 2. The zero-order valence-electron chi connectivity index (χ0n) is 11.2. The Labute approximate surface area is 108 Å². The van der Waals surface area contributed by atoms with E-state index in [0.717, 1.165) is 17.9 Å². The van der Waals surface area contributed by atoms with Crippen LogP contribution < -0.4 is 10.6 Å². The monoisotopic (exact) mass is 254 g/mol. The molecule has 0 aromatic carbocycles. The maximum absolute atomic E-state index is 11.7. The molecule has 18 heavy (non-hydrogen) atoms. The second-order valence-corrected chi connectivity index (χ2v) is 4.55. The van der Waals surface area contributed by atoms with Gasteiger partial charge >= 0.3 is 6.03 Å². The lowest BCUT2D eigenvalue weighted by Gasteiger charge is -2.16. The van der Waals surface area contributed by atoms with Crippen LogP contribution in [-0.4, -0.2) is 23.8 Å². The molecule has 2 amide bonds. The first-order valence-corrected chi connectivity index (χ1v) is 6.27. The topological polar surface area (TPSA) is 74.5 Å². The fourth-order valence-corrected chi connectivity index (χ4v) is 1.69. The molecule has 0 aliphatic rings. The van der Waals surface area contributed by atoms with Gasteiger partial charge in [0.1, 0.15) is 11.5 Å². The number of rotatable bonds is 6. The van der Waals surface area contributed by atoms with Crippen LogP contribution in [0.5, 0.6) is 0 Å². The minimum Gasteiger partial charge on any atom is -0.464 e. The number of urea groups is 1. The third kappa shape index (κ3) is 4.79. The predicted octanol–water partition coefficient (Wildman–Crippen LogP) is 2.11. The van der Waals surface area contributed by atoms with Gasteiger partial charge in [-0.3, -0.25) is 0 Å². The summed E-state index contributed by atoms with van der Waals surface area (Å²) < 4.78 is 5.44. The van der Waals surface area contributed by atoms with Gasteiger partial charge in [0, 0.05) is 12.6 Å². The molecular weight excluding hydrogens is 232 g/mol. The fourth-order valence-electron chi connectivity index (χ4n) is 1.69. The van der Waals surface area contributed by atoms with E-state index in [-0.39, 0.29) is 24.7 Å². The molecule has 1 aromatic heterocycles. The predicted molar refractivity (Wildman–Crippen MR) is 69.3 cm³/mol. The van der Waals surface area contributed by atoms with Crippen molar-refractivity contribution in [1.82, 2.24) is 10.6 Å². The summed E-state index contributed by atoms with van der Waals surface area (Å²) in [6.45, 7) is 5.80. The second-order valence-electron chi connectivity index (χ2n) is 4.55. The Kier molecular flexibility index (Phi) is 5.71. The van der Waals surface area contributed by atoms with Gasteiger partial charge in [-0.2, -0.15) is 0 Å². The third-order valence-electron chi connectivity index (χ3n) is 2.71. The average Bonchev–Trinajstić information content (AvgIpc) is 2.73. The molecule has 0 saturated carbocycles. The van der Waals surface area contributed by atoms with Gasteiger partial charge in [-0.15, -0.1) is 0 Å². The van der Waals surface area contributed by atoms with Gasteiger partial charge in [0.2, 0.25) is 0 Å². The molecule has 0 aliphatic heterocycles. The van der Waals surface area contributed by atoms with E-state index in [1.54, 1.807) is 0 Å². The summed E-state index contributed by atoms with van der Waals surface area (Å²) in [6.07, 6.45) is 1.45. The molecular formula is C13H22N2O3. The smallest absolute Gasteiger partial charge is 0.315 e. The molecule has 1 aromatic rings. The summed E-state index contributed by atoms with van der Waals surface area (Å²) in [7, 11) is 0. The SMILES string of the molecule is Cc1ccc(C(C)NC(=O)NC(C)CCCO)o1. The number of furan rings is 1. The molecule has 102 valence electrons. The van der Waals surface area contributed by atoms with Crippen LogP contribution in [0.1, 0.15) is 44.3 Å². The van der Waals surface area contributed by atoms with Gasteiger partial charge in [0.05, 0.1) is 6.04 Å². The lowest BCUT2D eigenvalue weighted by molar-refractivity contribution is 0.229. The van der Waals surface area contributed by atoms with Crippen molar-refractivity contribution >= 4 is 6.03 Å². The number of aliphatic hydroxyl groups excluding tert-OH is 1. The molecule has 0 saturated heterocycles. The van der Waals surface area contributed by atoms with Gasteiger partial charge in [0.15, 0.2) is 0 Å². The molecule has 5 heteroatoms. The summed E-state index contributed by atoms with van der Waals surface area (Å²) >= 11 is 0. The van der Waals surface area contributed by atoms with Crippen molar-refractivity contribution in [3.05, 3.63) is 23.7 Å². The van der Waals surface area contributed by atoms with Crippen molar-refractivity contribution < 1.29 is 14.3 Å². The number of hydrogen-bond donors (Lipinski definition) is 3. The quantitative estimate of drug-likeness (QED) is 0.728. The van der Waals surface area contributed by atoms with Crippen LogP contribution in [0.4, 0.5) is 4.79 Å². The van der Waals surface area contributed by atoms with E-state index in [2.05, 4.69) is 10.6 Å². The number of aliphatic hydroxyl groups is 1. The third-order valence-corrected chi connectivity index (χ3v) is 2.71. The lowest BCUT2D eigenvalue weighted by atomic mass is 10.2. The maximum atomic E-state index is 11.7. The van der Waals surface area contributed by atoms with E-state index >= 15 is 0 Å². The van der Waals surface area contributed by atoms with Gasteiger partial charge in [0.25, 0.3) is 0 Å². The van der Waals surface area contributed by atoms with Gasteiger partial charge in [-0.1, -0.05) is 0 Å². The zero-order valence-corrected chi connectivity index (χ0v) is 11.2. The molecule has 3 N–H and O–H groups in total. The van der Waals surface area contributed by atoms with Crippen molar-refractivity contribution in [2.24, 2.45) is 0 Å². The van der Waals surface area contributed by atoms with Crippen molar-refractivity contribution in [2.75, 3.05) is 6.61 Å². The Hall–Kier alpha value is -1.49. The fraction of sp³-hybridized carbons (Fsp3) is 0.615. The number of hydrogen-bond acceptors (Lipinski definition) is 3. The first-order valence-electron chi connectivity index (χ1n) is 6.27. The molecule has 2 unspecified atom stereocenters. The van der Waals surface area contributed by atoms with Crippen molar-refractivity contribution in [2.45, 2.75) is 45.7 Å². The van der Waals surface area contributed by atoms with Gasteiger partial charge in [-0.05, 0) is 45.7 Å². The Morgan fingerprint density at radius 3 is 2.67 bits per heavy atom. The number of amides is 2. The highest BCUT2D eigenvalue weighted by Crippen LogP contribution is 2.15. The van der Waals surface area contributed by atoms with Crippen LogP contribution in [0, 0.1) is 6.92 Å². The highest BCUT2D eigenvalue weighted by Gasteiger charge is 2.13. The molecule has 0 aliphatic carbocycles. The molecule has 0 spiro atoms. The number of carbonyl (C=O) groups is 1. The highest BCUT2D eigenvalue weighted by molar-refractivity contribution is 5.74. The van der Waals surface area contributed by atoms with Crippen LogP contribution in [0.25, 0.3) is 0 Å². The minimum absolute atomic E-state index is 0.0442. The van der Waals surface area contributed by atoms with Crippen molar-refractivity contribution in [3.63, 3.8) is 0 Å². The first-order chi connectivity index (χ1) is 8.52. The molecule has 1 heterocycles. The van der Waals surface area contributed by atoms with Crippen molar-refractivity contribution in [1.29, 1.82) is 0 Å². The Balaban J connectivity index is 2.35. The van der Waals surface area contributed by atoms with E-state index in [4.69, 9.17) is 9.52 Å². The largest absolute Gasteiger partial charge is 0.464 e. The molecule has 2 atom stereocenters. The summed E-state index contributed by atoms with van der Waals surface area (Å²) in [5, 5.41) is 14.3. The summed E-state index contributed by atoms with van der Waals surface area (Å²) in [5.74, 6) is 1.57. The normalized spacial score (nSPS) is 14.0. The maximum Gasteiger partial charge on any atom is 0.315 e. The summed E-state index contributed by atoms with van der Waals surface area (Å²) in [5.41, 5.74) is 0. The highest BCUT2D eigenvalue weighted by atomic mass is 16.3. The minimum atomic E-state index is -0.220. The van der Waals surface area contributed by atoms with E-state index in [1.165, 1.54) is 0 Å². The molecule has 1 rings (SSSR count). The van der Waals surface area contributed by atoms with Crippen LogP contribution >= 0.6 is 0 Å². The van der Waals surface area contributed by atoms with Gasteiger partial charge < -0.3 is 20.2 Å². The zero-order chi connectivity index (χ0) is 13.5. The number of aryl methyl sites for hydroxylation is 1. The van der Waals surface area contributed by atoms with E-state index < -0.39 is 0 Å². The summed E-state index contributed by atoms with van der Waals surface area (Å²) in [4.78, 5) is 11.7. The molecule has 0 bridgehead atoms. The van der Waals surface area contributed by atoms with E-state index in [9.17, 15) is 4.79 Å². The summed E-state index contributed by atoms with van der Waals surface area (Å²) in [6, 6.07) is 3.39. The van der Waals surface area contributed by atoms with Crippen LogP contribution in [-0.2, 0) is 0 Å². The average molecular weight is 254 g/mol. The van der Waals surface area contributed by atoms with E-state index in [0.29, 0.717) is 6.42 Å². The Morgan fingerprint density at radius 1 is 1.39 bits per heavy atom. The lowest BCUT2D eigenvalue weighted by Crippen LogP contribution is -2.41. The van der Waals surface area contributed by atoms with Crippen molar-refractivity contribution in [3.8, 4) is 0 Å². The Morgan fingerprint density at radius 2 is 2.11 bits per heavy atom. The van der Waals surface area contributed by atoms with Crippen LogP contribution in [0.3, 0.4) is 0 Å². The molecule has 0 radical (unpaired) electrons. The first kappa shape index (κ1) is 14.6. The number of carbonyl (C=O) groups excluding carboxylic acids is 1. The van der Waals surface area contributed by atoms with E-state index in [1.807, 2.05) is 32.9 Å². The molecule has 5 nitrogen and oxygen atoms in total. The Bertz CT molecular complexity index is 376. The van der Waals surface area contributed by atoms with Gasteiger partial charge in [-0.25, -0.2) is 4.79 Å². The second kappa shape index (κ2) is 7.06. The standard InChI is InChI=1S/C13H22N2O3/c1-9(5-4-8-16)14-13(17)15-11(3)12-7-6-10(2)18-12/h6-7,9,11,16H,4-5,8H2,1-3H3,(H2,14,15,17). The molecule has 0 fully saturated rings. The van der Waals surface area contributed by atoms with Crippen LogP contribution in [0.15, 0.2) is 16.5 Å².